The number of hydrogen-bond donors (Lipinski definition) is 2. The molecule has 0 unspecified atom stereocenters. The Hall–Kier alpha value is -2.27. The molecule has 0 bridgehead atoms. The largest absolute Gasteiger partial charge is 0.465 e. The van der Waals surface area contributed by atoms with Crippen LogP contribution in [0.1, 0.15) is 29.6 Å². The monoisotopic (exact) mass is 313 g/mol. The smallest absolute Gasteiger partial charge is 0.267 e. The molecule has 3 rings (SSSR count). The van der Waals surface area contributed by atoms with Gasteiger partial charge in [-0.25, -0.2) is 0 Å². The van der Waals surface area contributed by atoms with Crippen LogP contribution in [-0.2, 0) is 0 Å². The predicted molar refractivity (Wildman–Crippen MR) is 90.0 cm³/mol. The Bertz CT molecular complexity index is 644. The van der Waals surface area contributed by atoms with Crippen molar-refractivity contribution in [1.29, 1.82) is 0 Å². The average Bonchev–Trinajstić information content (AvgIpc) is 3.27. The zero-order valence-corrected chi connectivity index (χ0v) is 13.4. The lowest BCUT2D eigenvalue weighted by molar-refractivity contribution is 0.0943. The SMILES string of the molecule is C/C(=C\c1ccco1)CN1CC[C@H](CNC(=O)c2ccc[nH]2)C1. The third kappa shape index (κ3) is 4.36. The Labute approximate surface area is 136 Å². The van der Waals surface area contributed by atoms with E-state index in [0.717, 1.165) is 38.4 Å². The number of nitrogens with one attached hydrogen (secondary N) is 2. The van der Waals surface area contributed by atoms with Crippen LogP contribution in [0.4, 0.5) is 0 Å². The molecule has 1 aliphatic heterocycles. The van der Waals surface area contributed by atoms with Gasteiger partial charge in [0.15, 0.2) is 0 Å². The number of furan rings is 1. The number of hydrogen-bond acceptors (Lipinski definition) is 3. The lowest BCUT2D eigenvalue weighted by Crippen LogP contribution is -2.31. The predicted octanol–water partition coefficient (Wildman–Crippen LogP) is 2.76. The number of rotatable bonds is 6. The van der Waals surface area contributed by atoms with E-state index in [-0.39, 0.29) is 5.91 Å². The number of likely N-dealkylation sites (tertiary alicyclic amines) is 1. The van der Waals surface area contributed by atoms with Crippen LogP contribution in [0.15, 0.2) is 46.7 Å². The van der Waals surface area contributed by atoms with E-state index in [1.54, 1.807) is 18.5 Å². The number of amides is 1. The molecule has 122 valence electrons. The van der Waals surface area contributed by atoms with Crippen molar-refractivity contribution in [3.63, 3.8) is 0 Å². The van der Waals surface area contributed by atoms with Gasteiger partial charge in [0.2, 0.25) is 0 Å². The molecule has 0 aliphatic carbocycles. The summed E-state index contributed by atoms with van der Waals surface area (Å²) in [6.45, 7) is 5.90. The maximum atomic E-state index is 11.9. The maximum absolute atomic E-state index is 11.9. The number of carbonyl (C=O) groups is 1. The molecule has 1 amide bonds. The summed E-state index contributed by atoms with van der Waals surface area (Å²) < 4.78 is 5.34. The summed E-state index contributed by atoms with van der Waals surface area (Å²) in [6, 6.07) is 7.49. The summed E-state index contributed by atoms with van der Waals surface area (Å²) in [4.78, 5) is 17.3. The summed E-state index contributed by atoms with van der Waals surface area (Å²) in [6.07, 6.45) is 6.66. The van der Waals surface area contributed by atoms with Crippen molar-refractivity contribution >= 4 is 12.0 Å². The van der Waals surface area contributed by atoms with Crippen LogP contribution in [0.2, 0.25) is 0 Å². The van der Waals surface area contributed by atoms with Crippen molar-refractivity contribution < 1.29 is 9.21 Å². The first-order chi connectivity index (χ1) is 11.2. The van der Waals surface area contributed by atoms with Gasteiger partial charge in [0, 0.05) is 25.8 Å². The zero-order chi connectivity index (χ0) is 16.1. The van der Waals surface area contributed by atoms with Gasteiger partial charge in [0.05, 0.1) is 6.26 Å². The van der Waals surface area contributed by atoms with Gasteiger partial charge in [-0.15, -0.1) is 0 Å². The van der Waals surface area contributed by atoms with Crippen molar-refractivity contribution in [2.75, 3.05) is 26.2 Å². The van der Waals surface area contributed by atoms with Crippen LogP contribution < -0.4 is 5.32 Å². The van der Waals surface area contributed by atoms with Crippen molar-refractivity contribution in [2.45, 2.75) is 13.3 Å². The van der Waals surface area contributed by atoms with E-state index < -0.39 is 0 Å². The summed E-state index contributed by atoms with van der Waals surface area (Å²) in [5, 5.41) is 3.01. The third-order valence-corrected chi connectivity index (χ3v) is 4.17. The summed E-state index contributed by atoms with van der Waals surface area (Å²) >= 11 is 0. The van der Waals surface area contributed by atoms with Gasteiger partial charge in [0.25, 0.3) is 5.91 Å². The number of aromatic amines is 1. The molecule has 0 aromatic carbocycles. The van der Waals surface area contributed by atoms with Crippen LogP contribution in [0.3, 0.4) is 0 Å². The molecular weight excluding hydrogens is 290 g/mol. The molecule has 5 nitrogen and oxygen atoms in total. The molecule has 2 aromatic rings. The number of H-pyrrole nitrogens is 1. The second kappa shape index (κ2) is 7.33. The molecule has 23 heavy (non-hydrogen) atoms. The highest BCUT2D eigenvalue weighted by Gasteiger charge is 2.23. The van der Waals surface area contributed by atoms with E-state index in [1.165, 1.54) is 5.57 Å². The summed E-state index contributed by atoms with van der Waals surface area (Å²) in [5.41, 5.74) is 1.91. The van der Waals surface area contributed by atoms with Gasteiger partial charge in [-0.05, 0) is 56.1 Å². The van der Waals surface area contributed by atoms with E-state index in [2.05, 4.69) is 28.2 Å². The van der Waals surface area contributed by atoms with E-state index >= 15 is 0 Å². The van der Waals surface area contributed by atoms with Crippen LogP contribution in [0.5, 0.6) is 0 Å². The Morgan fingerprint density at radius 2 is 2.39 bits per heavy atom. The van der Waals surface area contributed by atoms with Crippen molar-refractivity contribution in [3.05, 3.63) is 53.8 Å². The van der Waals surface area contributed by atoms with E-state index in [0.29, 0.717) is 11.6 Å². The second-order valence-corrected chi connectivity index (χ2v) is 6.19. The molecule has 2 aromatic heterocycles. The summed E-state index contributed by atoms with van der Waals surface area (Å²) in [5.74, 6) is 1.39. The van der Waals surface area contributed by atoms with E-state index in [9.17, 15) is 4.79 Å². The van der Waals surface area contributed by atoms with Crippen molar-refractivity contribution in [2.24, 2.45) is 5.92 Å². The lowest BCUT2D eigenvalue weighted by Gasteiger charge is -2.16. The first-order valence-corrected chi connectivity index (χ1v) is 8.05. The maximum Gasteiger partial charge on any atom is 0.267 e. The zero-order valence-electron chi connectivity index (χ0n) is 13.4. The van der Waals surface area contributed by atoms with E-state index in [1.807, 2.05) is 18.2 Å². The molecular formula is C18H23N3O2. The number of aromatic nitrogens is 1. The minimum absolute atomic E-state index is 0.0256. The lowest BCUT2D eigenvalue weighted by atomic mass is 10.1. The molecule has 3 heterocycles. The number of nitrogens with zero attached hydrogens (tertiary/aromatic N) is 1. The fourth-order valence-electron chi connectivity index (χ4n) is 3.04. The fourth-order valence-corrected chi connectivity index (χ4v) is 3.04. The van der Waals surface area contributed by atoms with Gasteiger partial charge in [-0.3, -0.25) is 9.69 Å². The van der Waals surface area contributed by atoms with Crippen LogP contribution in [-0.4, -0.2) is 42.0 Å². The van der Waals surface area contributed by atoms with Gasteiger partial charge in [0.1, 0.15) is 11.5 Å². The Morgan fingerprint density at radius 1 is 1.48 bits per heavy atom. The van der Waals surface area contributed by atoms with E-state index in [4.69, 9.17) is 4.42 Å². The fraction of sp³-hybridized carbons (Fsp3) is 0.389. The highest BCUT2D eigenvalue weighted by atomic mass is 16.3. The van der Waals surface area contributed by atoms with Crippen LogP contribution in [0.25, 0.3) is 6.08 Å². The molecule has 1 fully saturated rings. The molecule has 1 saturated heterocycles. The molecule has 0 spiro atoms. The topological polar surface area (TPSA) is 61.3 Å². The highest BCUT2D eigenvalue weighted by Crippen LogP contribution is 2.18. The average molecular weight is 313 g/mol. The quantitative estimate of drug-likeness (QED) is 0.862. The molecule has 1 atom stereocenters. The van der Waals surface area contributed by atoms with Gasteiger partial charge >= 0.3 is 0 Å². The normalized spacial score (nSPS) is 19.2. The van der Waals surface area contributed by atoms with Crippen molar-refractivity contribution in [3.8, 4) is 0 Å². The third-order valence-electron chi connectivity index (χ3n) is 4.17. The van der Waals surface area contributed by atoms with Crippen LogP contribution in [0, 0.1) is 5.92 Å². The van der Waals surface area contributed by atoms with Crippen molar-refractivity contribution in [1.82, 2.24) is 15.2 Å². The Balaban J connectivity index is 1.42. The summed E-state index contributed by atoms with van der Waals surface area (Å²) in [7, 11) is 0. The molecule has 5 heteroatoms. The van der Waals surface area contributed by atoms with Gasteiger partial charge < -0.3 is 14.7 Å². The first-order valence-electron chi connectivity index (χ1n) is 8.05. The minimum atomic E-state index is -0.0256. The van der Waals surface area contributed by atoms with Gasteiger partial charge in [-0.1, -0.05) is 5.57 Å². The van der Waals surface area contributed by atoms with Crippen LogP contribution >= 0.6 is 0 Å². The first kappa shape index (κ1) is 15.6. The Morgan fingerprint density at radius 3 is 3.13 bits per heavy atom. The van der Waals surface area contributed by atoms with Gasteiger partial charge in [-0.2, -0.15) is 0 Å². The molecule has 0 radical (unpaired) electrons. The molecule has 0 saturated carbocycles. The Kier molecular flexibility index (Phi) is 4.98. The molecule has 1 aliphatic rings. The number of carbonyl (C=O) groups excluding carboxylic acids is 1. The highest BCUT2D eigenvalue weighted by molar-refractivity contribution is 5.92. The second-order valence-electron chi connectivity index (χ2n) is 6.19. The molecule has 2 N–H and O–H groups in total. The standard InChI is InChI=1S/C18H23N3O2/c1-14(10-16-4-3-9-23-16)12-21-8-6-15(13-21)11-20-18(22)17-5-2-7-19-17/h2-5,7,9-10,15,19H,6,8,11-13H2,1H3,(H,20,22)/b14-10+/t15-/m1/s1. The minimum Gasteiger partial charge on any atom is -0.465 e.